The van der Waals surface area contributed by atoms with E-state index in [1.54, 1.807) is 20.8 Å². The van der Waals surface area contributed by atoms with E-state index < -0.39 is 35.3 Å². The van der Waals surface area contributed by atoms with Crippen molar-refractivity contribution in [1.29, 1.82) is 0 Å². The Morgan fingerprint density at radius 1 is 1.32 bits per heavy atom. The summed E-state index contributed by atoms with van der Waals surface area (Å²) in [4.78, 5) is 25.9. The minimum atomic E-state index is -0.789. The molecule has 22 heavy (non-hydrogen) atoms. The van der Waals surface area contributed by atoms with E-state index in [4.69, 9.17) is 4.74 Å². The maximum Gasteiger partial charge on any atom is 0.410 e. The highest BCUT2D eigenvalue weighted by Gasteiger charge is 2.38. The third-order valence-electron chi connectivity index (χ3n) is 3.38. The van der Waals surface area contributed by atoms with Gasteiger partial charge in [0.1, 0.15) is 5.60 Å². The van der Waals surface area contributed by atoms with E-state index in [9.17, 15) is 25.0 Å². The first-order valence-electron chi connectivity index (χ1n) is 6.98. The molecule has 1 atom stereocenters. The summed E-state index contributed by atoms with van der Waals surface area (Å²) in [6.07, 6.45) is 0.451. The monoisotopic (exact) mass is 312 g/mol. The van der Waals surface area contributed by atoms with E-state index in [2.05, 4.69) is 0 Å². The number of ketones is 1. The van der Waals surface area contributed by atoms with E-state index in [-0.39, 0.29) is 10.3 Å². The molecule has 2 rings (SSSR count). The van der Waals surface area contributed by atoms with Gasteiger partial charge in [0.05, 0.1) is 11.6 Å². The lowest BCUT2D eigenvalue weighted by Gasteiger charge is -2.27. The number of aromatic nitrogens is 1. The van der Waals surface area contributed by atoms with Crippen LogP contribution in [0.5, 0.6) is 11.8 Å². The van der Waals surface area contributed by atoms with Crippen LogP contribution in [0.3, 0.4) is 0 Å². The maximum atomic E-state index is 12.5. The summed E-state index contributed by atoms with van der Waals surface area (Å²) in [5.41, 5.74) is -0.914. The number of rotatable bonds is 2. The van der Waals surface area contributed by atoms with Gasteiger partial charge in [-0.25, -0.2) is 4.79 Å². The van der Waals surface area contributed by atoms with Crippen molar-refractivity contribution in [3.05, 3.63) is 11.6 Å². The van der Waals surface area contributed by atoms with Gasteiger partial charge in [0, 0.05) is 12.6 Å². The molecule has 0 spiro atoms. The van der Waals surface area contributed by atoms with Gasteiger partial charge in [-0.1, -0.05) is 0 Å². The molecule has 1 aliphatic heterocycles. The van der Waals surface area contributed by atoms with E-state index in [0.717, 1.165) is 6.07 Å². The average Bonchev–Trinajstić information content (AvgIpc) is 2.97. The molecule has 8 heteroatoms. The van der Waals surface area contributed by atoms with Crippen molar-refractivity contribution in [3.63, 3.8) is 0 Å². The topological polar surface area (TPSA) is 112 Å². The highest BCUT2D eigenvalue weighted by Crippen LogP contribution is 2.30. The first-order valence-corrected chi connectivity index (χ1v) is 6.98. The van der Waals surface area contributed by atoms with Crippen LogP contribution >= 0.6 is 0 Å². The number of nitrogens with zero attached hydrogens (tertiary/aromatic N) is 2. The lowest BCUT2D eigenvalue weighted by atomic mass is 10.0. The molecule has 2 heterocycles. The van der Waals surface area contributed by atoms with Crippen LogP contribution in [0.2, 0.25) is 0 Å². The molecule has 0 saturated carbocycles. The number of likely N-dealkylation sites (tertiary alicyclic amines) is 1. The second-order valence-corrected chi connectivity index (χ2v) is 6.25. The van der Waals surface area contributed by atoms with Crippen LogP contribution in [0.25, 0.3) is 0 Å². The van der Waals surface area contributed by atoms with Gasteiger partial charge in [-0.15, -0.1) is 4.73 Å². The second kappa shape index (κ2) is 5.43. The Morgan fingerprint density at radius 2 is 1.95 bits per heavy atom. The van der Waals surface area contributed by atoms with Crippen molar-refractivity contribution in [3.8, 4) is 11.8 Å². The van der Waals surface area contributed by atoms with Crippen molar-refractivity contribution in [2.45, 2.75) is 45.3 Å². The van der Waals surface area contributed by atoms with Crippen molar-refractivity contribution >= 4 is 11.9 Å². The van der Waals surface area contributed by atoms with Crippen molar-refractivity contribution in [2.75, 3.05) is 6.54 Å². The molecule has 0 unspecified atom stereocenters. The van der Waals surface area contributed by atoms with Gasteiger partial charge in [-0.3, -0.25) is 9.69 Å². The van der Waals surface area contributed by atoms with Crippen LogP contribution < -0.4 is 0 Å². The molecule has 1 aromatic heterocycles. The molecule has 8 nitrogen and oxygen atoms in total. The average molecular weight is 312 g/mol. The summed E-state index contributed by atoms with van der Waals surface area (Å²) in [6.45, 7) is 5.56. The number of carbonyl (C=O) groups is 2. The van der Waals surface area contributed by atoms with E-state index in [1.165, 1.54) is 4.90 Å². The second-order valence-electron chi connectivity index (χ2n) is 6.25. The molecule has 122 valence electrons. The quantitative estimate of drug-likeness (QED) is 0.566. The van der Waals surface area contributed by atoms with Gasteiger partial charge in [0.25, 0.3) is 0 Å². The third kappa shape index (κ3) is 2.95. The van der Waals surface area contributed by atoms with Crippen LogP contribution in [0.4, 0.5) is 4.79 Å². The summed E-state index contributed by atoms with van der Waals surface area (Å²) in [6, 6.07) is 0.172. The van der Waals surface area contributed by atoms with Crippen LogP contribution in [-0.2, 0) is 4.74 Å². The lowest BCUT2D eigenvalue weighted by Crippen LogP contribution is -2.43. The van der Waals surface area contributed by atoms with Crippen molar-refractivity contribution in [1.82, 2.24) is 9.63 Å². The first-order chi connectivity index (χ1) is 10.1. The minimum Gasteiger partial charge on any atom is -0.492 e. The molecule has 0 bridgehead atoms. The molecule has 3 N–H and O–H groups in total. The molecular weight excluding hydrogens is 292 g/mol. The molecule has 0 radical (unpaired) electrons. The Kier molecular flexibility index (Phi) is 3.95. The normalized spacial score (nSPS) is 18.5. The molecule has 1 aromatic rings. The predicted molar refractivity (Wildman–Crippen MR) is 75.2 cm³/mol. The number of Topliss-reactive ketones (excluding diaryl/α,β-unsaturated/α-hetero) is 1. The van der Waals surface area contributed by atoms with Crippen LogP contribution in [0.1, 0.15) is 44.0 Å². The summed E-state index contributed by atoms with van der Waals surface area (Å²) in [7, 11) is 0. The fourth-order valence-electron chi connectivity index (χ4n) is 2.42. The van der Waals surface area contributed by atoms with Gasteiger partial charge in [0.15, 0.2) is 5.78 Å². The van der Waals surface area contributed by atoms with Crippen molar-refractivity contribution < 1.29 is 29.7 Å². The van der Waals surface area contributed by atoms with Gasteiger partial charge in [0.2, 0.25) is 11.8 Å². The van der Waals surface area contributed by atoms with Crippen LogP contribution in [-0.4, -0.2) is 55.1 Å². The zero-order valence-electron chi connectivity index (χ0n) is 12.7. The lowest BCUT2D eigenvalue weighted by molar-refractivity contribution is 0.0222. The van der Waals surface area contributed by atoms with Crippen molar-refractivity contribution in [2.24, 2.45) is 0 Å². The van der Waals surface area contributed by atoms with Gasteiger partial charge >= 0.3 is 6.09 Å². The highest BCUT2D eigenvalue weighted by atomic mass is 16.6. The zero-order valence-corrected chi connectivity index (χ0v) is 12.7. The fourth-order valence-corrected chi connectivity index (χ4v) is 2.42. The molecule has 0 aliphatic carbocycles. The Hall–Kier alpha value is -2.38. The number of amides is 1. The number of carbonyl (C=O) groups excluding carboxylic acids is 2. The summed E-state index contributed by atoms with van der Waals surface area (Å²) in [5, 5.41) is 28.3. The maximum absolute atomic E-state index is 12.5. The van der Waals surface area contributed by atoms with E-state index >= 15 is 0 Å². The number of hydrogen-bond donors (Lipinski definition) is 3. The predicted octanol–water partition coefficient (Wildman–Crippen LogP) is 1.72. The molecular formula is C14H20N2O6. The standard InChI is InChI=1S/C14H20N2O6/c1-14(2,3)22-13(20)15-6-4-5-9(15)11(18)8-7-10(17)16(21)12(8)19/h7,9,17,19,21H,4-6H2,1-3H3/t9-/m1/s1. The zero-order chi connectivity index (χ0) is 16.7. The Balaban J connectivity index is 2.21. The highest BCUT2D eigenvalue weighted by molar-refractivity contribution is 6.04. The van der Waals surface area contributed by atoms with Crippen LogP contribution in [0.15, 0.2) is 6.07 Å². The fraction of sp³-hybridized carbons (Fsp3) is 0.571. The number of aromatic hydroxyl groups is 2. The van der Waals surface area contributed by atoms with Gasteiger partial charge < -0.3 is 20.2 Å². The van der Waals surface area contributed by atoms with E-state index in [0.29, 0.717) is 19.4 Å². The number of hydrogen-bond acceptors (Lipinski definition) is 6. The molecule has 0 aromatic carbocycles. The Bertz CT molecular complexity index is 601. The minimum absolute atomic E-state index is 0.111. The third-order valence-corrected chi connectivity index (χ3v) is 3.38. The molecule has 1 amide bonds. The van der Waals surface area contributed by atoms with E-state index in [1.807, 2.05) is 0 Å². The first kappa shape index (κ1) is 16.0. The smallest absolute Gasteiger partial charge is 0.410 e. The Labute approximate surface area is 127 Å². The Morgan fingerprint density at radius 3 is 2.45 bits per heavy atom. The summed E-state index contributed by atoms with van der Waals surface area (Å²) < 4.78 is 5.38. The number of ether oxygens (including phenoxy) is 1. The summed E-state index contributed by atoms with van der Waals surface area (Å²) >= 11 is 0. The summed E-state index contributed by atoms with van der Waals surface area (Å²) in [5.74, 6) is -1.95. The SMILES string of the molecule is CC(C)(C)OC(=O)N1CCC[C@@H]1C(=O)c1cc(O)n(O)c1O. The molecule has 1 saturated heterocycles. The van der Waals surface area contributed by atoms with Gasteiger partial charge in [-0.2, -0.15) is 0 Å². The largest absolute Gasteiger partial charge is 0.492 e. The molecule has 1 fully saturated rings. The van der Waals surface area contributed by atoms with Crippen LogP contribution in [0, 0.1) is 0 Å². The van der Waals surface area contributed by atoms with Gasteiger partial charge in [-0.05, 0) is 33.6 Å². The molecule has 1 aliphatic rings.